The number of carbonyl (C=O) groups is 4. The average Bonchev–Trinajstić information content (AvgIpc) is 3.32. The Morgan fingerprint density at radius 2 is 1.68 bits per heavy atom. The Morgan fingerprint density at radius 1 is 0.956 bits per heavy atom. The number of carbonyl (C=O) groups excluding carboxylic acids is 4. The number of piperidine rings is 1. The van der Waals surface area contributed by atoms with Crippen molar-refractivity contribution in [1.82, 2.24) is 4.90 Å². The minimum atomic E-state index is -2.53. The molecule has 4 aliphatic rings. The van der Waals surface area contributed by atoms with Crippen LogP contribution in [0.15, 0.2) is 66.3 Å². The molecule has 68 heavy (non-hydrogen) atoms. The SMILES string of the molecule is C=CCC1/C=C(\C)CC(C)CC(OC)C2OC(O)(C(=O)C(=O)N3CCCCC3C(=O)OC(C(C)=CC3CCC(O)(CC=Cc4cccc(OC)c4)C(OC)C3)C(C)C(O)CC1=O)C(C)CC2OC. The number of Topliss-reactive ketones (excluding diaryl/α,β-unsaturated/α-hetero) is 2. The Hall–Kier alpha value is -4.02. The van der Waals surface area contributed by atoms with Gasteiger partial charge in [-0.1, -0.05) is 68.9 Å². The Kier molecular flexibility index (Phi) is 19.9. The van der Waals surface area contributed by atoms with Gasteiger partial charge in [-0.25, -0.2) is 4.79 Å². The van der Waals surface area contributed by atoms with E-state index >= 15 is 0 Å². The molecule has 2 bridgehead atoms. The number of aliphatic hydroxyl groups is 3. The summed E-state index contributed by atoms with van der Waals surface area (Å²) < 4.78 is 35.7. The Labute approximate surface area is 404 Å². The number of esters is 1. The first kappa shape index (κ1) is 54.9. The second-order valence-electron chi connectivity index (χ2n) is 20.1. The lowest BCUT2D eigenvalue weighted by molar-refractivity contribution is -0.302. The number of amides is 1. The molecule has 0 spiro atoms. The summed E-state index contributed by atoms with van der Waals surface area (Å²) >= 11 is 0. The van der Waals surface area contributed by atoms with E-state index in [4.69, 9.17) is 28.4 Å². The van der Waals surface area contributed by atoms with E-state index in [2.05, 4.69) is 6.58 Å². The van der Waals surface area contributed by atoms with Gasteiger partial charge in [-0.05, 0) is 120 Å². The molecule has 2 saturated heterocycles. The molecule has 378 valence electrons. The van der Waals surface area contributed by atoms with Crippen LogP contribution in [0, 0.1) is 29.6 Å². The van der Waals surface area contributed by atoms with Gasteiger partial charge in [-0.15, -0.1) is 6.58 Å². The highest BCUT2D eigenvalue weighted by Gasteiger charge is 2.56. The van der Waals surface area contributed by atoms with Gasteiger partial charge in [0.15, 0.2) is 0 Å². The van der Waals surface area contributed by atoms with Crippen LogP contribution in [0.3, 0.4) is 0 Å². The molecule has 14 atom stereocenters. The molecular weight excluding hydrogens is 871 g/mol. The number of cyclic esters (lactones) is 1. The molecule has 1 amide bonds. The van der Waals surface area contributed by atoms with Crippen LogP contribution >= 0.6 is 0 Å². The first-order chi connectivity index (χ1) is 32.3. The van der Waals surface area contributed by atoms with E-state index in [1.54, 1.807) is 34.1 Å². The van der Waals surface area contributed by atoms with Crippen LogP contribution in [0.2, 0.25) is 0 Å². The van der Waals surface area contributed by atoms with Crippen molar-refractivity contribution >= 4 is 29.5 Å². The number of hydrogen-bond acceptors (Lipinski definition) is 13. The second kappa shape index (κ2) is 24.7. The summed E-state index contributed by atoms with van der Waals surface area (Å²) in [6, 6.07) is 6.48. The molecule has 3 fully saturated rings. The number of nitrogens with zero attached hydrogens (tertiary/aromatic N) is 1. The van der Waals surface area contributed by atoms with Crippen molar-refractivity contribution < 1.29 is 62.9 Å². The number of allylic oxidation sites excluding steroid dienone is 4. The topological polar surface area (TPSA) is 188 Å². The zero-order chi connectivity index (χ0) is 49.9. The summed E-state index contributed by atoms with van der Waals surface area (Å²) in [5.74, 6) is -7.30. The minimum Gasteiger partial charge on any atom is -0.497 e. The summed E-state index contributed by atoms with van der Waals surface area (Å²) in [4.78, 5) is 58.6. The summed E-state index contributed by atoms with van der Waals surface area (Å²) in [5, 5.41) is 35.9. The van der Waals surface area contributed by atoms with E-state index < -0.39 is 89.5 Å². The van der Waals surface area contributed by atoms with E-state index in [0.29, 0.717) is 63.4 Å². The molecule has 1 aromatic carbocycles. The number of aliphatic hydroxyl groups excluding tert-OH is 1. The Balaban J connectivity index is 1.48. The summed E-state index contributed by atoms with van der Waals surface area (Å²) in [7, 11) is 6.25. The maximum absolute atomic E-state index is 14.6. The monoisotopic (exact) mass is 950 g/mol. The number of rotatable bonds is 11. The van der Waals surface area contributed by atoms with E-state index in [0.717, 1.165) is 16.9 Å². The fourth-order valence-corrected chi connectivity index (χ4v) is 10.9. The molecule has 3 aliphatic heterocycles. The highest BCUT2D eigenvalue weighted by atomic mass is 16.7. The summed E-state index contributed by atoms with van der Waals surface area (Å²) in [6.07, 6.45) is 9.09. The largest absolute Gasteiger partial charge is 0.497 e. The lowest BCUT2D eigenvalue weighted by Gasteiger charge is -2.47. The van der Waals surface area contributed by atoms with Crippen LogP contribution in [0.25, 0.3) is 6.08 Å². The normalized spacial score (nSPS) is 37.4. The van der Waals surface area contributed by atoms with Gasteiger partial charge in [0.1, 0.15) is 29.8 Å². The number of methoxy groups -OCH3 is 4. The van der Waals surface area contributed by atoms with Gasteiger partial charge < -0.3 is 48.6 Å². The maximum Gasteiger partial charge on any atom is 0.329 e. The average molecular weight is 950 g/mol. The molecule has 14 unspecified atom stereocenters. The van der Waals surface area contributed by atoms with Crippen LogP contribution in [0.1, 0.15) is 117 Å². The van der Waals surface area contributed by atoms with E-state index in [1.807, 2.05) is 69.3 Å². The summed E-state index contributed by atoms with van der Waals surface area (Å²) in [5.41, 5.74) is 1.38. The van der Waals surface area contributed by atoms with E-state index in [1.165, 1.54) is 19.1 Å². The van der Waals surface area contributed by atoms with Crippen molar-refractivity contribution in [2.45, 2.75) is 166 Å². The number of ether oxygens (including phenoxy) is 6. The van der Waals surface area contributed by atoms with Gasteiger partial charge in [0.05, 0.1) is 37.1 Å². The van der Waals surface area contributed by atoms with Crippen LogP contribution in [0.4, 0.5) is 0 Å². The molecule has 1 aromatic rings. The Morgan fingerprint density at radius 3 is 2.35 bits per heavy atom. The third kappa shape index (κ3) is 13.2. The van der Waals surface area contributed by atoms with Crippen molar-refractivity contribution in [3.8, 4) is 5.75 Å². The standard InChI is InChI=1S/C54H79NO13/c1-11-16-40-26-33(2)25-34(3)27-45(64-8)49-46(65-9)29-36(5)54(62,68-49)50(58)51(59)55-24-13-12-20-42(55)52(60)67-48(37(6)43(56)32-44(40)57)35(4)28-39-21-23-53(61,47(31-39)66-10)22-15-18-38-17-14-19-41(30-38)63-7/h11,14-15,17-19,26,28,30,34,36-37,39-40,42-43,45-49,56,61-62H,1,12-13,16,20-25,27,29,31-32H2,2-10H3/b18-15?,33-26+,35-28?. The number of ketones is 2. The summed E-state index contributed by atoms with van der Waals surface area (Å²) in [6.45, 7) is 13.1. The highest BCUT2D eigenvalue weighted by molar-refractivity contribution is 6.39. The molecule has 1 saturated carbocycles. The molecule has 14 nitrogen and oxygen atoms in total. The van der Waals surface area contributed by atoms with Gasteiger partial charge in [-0.2, -0.15) is 0 Å². The zero-order valence-corrected chi connectivity index (χ0v) is 41.9. The first-order valence-corrected chi connectivity index (χ1v) is 24.6. The van der Waals surface area contributed by atoms with E-state index in [9.17, 15) is 34.5 Å². The minimum absolute atomic E-state index is 0.00671. The lowest BCUT2D eigenvalue weighted by Crippen LogP contribution is -2.64. The predicted octanol–water partition coefficient (Wildman–Crippen LogP) is 7.12. The van der Waals surface area contributed by atoms with E-state index in [-0.39, 0.29) is 43.4 Å². The van der Waals surface area contributed by atoms with Crippen LogP contribution < -0.4 is 4.74 Å². The third-order valence-electron chi connectivity index (χ3n) is 15.0. The van der Waals surface area contributed by atoms with Crippen LogP contribution in [-0.2, 0) is 42.9 Å². The number of benzene rings is 1. The number of fused-ring (bicyclic) bond motifs is 3. The fourth-order valence-electron chi connectivity index (χ4n) is 10.9. The van der Waals surface area contributed by atoms with Crippen LogP contribution in [-0.4, -0.2) is 133 Å². The zero-order valence-electron chi connectivity index (χ0n) is 41.9. The van der Waals surface area contributed by atoms with Gasteiger partial charge in [0, 0.05) is 52.0 Å². The third-order valence-corrected chi connectivity index (χ3v) is 15.0. The van der Waals surface area contributed by atoms with Crippen molar-refractivity contribution in [3.63, 3.8) is 0 Å². The van der Waals surface area contributed by atoms with Crippen LogP contribution in [0.5, 0.6) is 5.75 Å². The molecule has 0 radical (unpaired) electrons. The van der Waals surface area contributed by atoms with Gasteiger partial charge in [0.2, 0.25) is 5.79 Å². The predicted molar refractivity (Wildman–Crippen MR) is 258 cm³/mol. The van der Waals surface area contributed by atoms with Crippen molar-refractivity contribution in [2.75, 3.05) is 35.0 Å². The lowest BCUT2D eigenvalue weighted by atomic mass is 9.74. The molecule has 1 aliphatic carbocycles. The first-order valence-electron chi connectivity index (χ1n) is 24.6. The Bertz CT molecular complexity index is 2000. The molecule has 5 rings (SSSR count). The quantitative estimate of drug-likeness (QED) is 0.116. The van der Waals surface area contributed by atoms with Gasteiger partial charge >= 0.3 is 5.97 Å². The second-order valence-corrected chi connectivity index (χ2v) is 20.1. The molecular formula is C54H79NO13. The van der Waals surface area contributed by atoms with Crippen molar-refractivity contribution in [2.24, 2.45) is 29.6 Å². The van der Waals surface area contributed by atoms with Gasteiger partial charge in [-0.3, -0.25) is 14.4 Å². The smallest absolute Gasteiger partial charge is 0.329 e. The molecule has 3 N–H and O–H groups in total. The maximum atomic E-state index is 14.6. The molecule has 14 heteroatoms. The molecule has 3 heterocycles. The molecule has 0 aromatic heterocycles. The van der Waals surface area contributed by atoms with Gasteiger partial charge in [0.25, 0.3) is 11.7 Å². The highest BCUT2D eigenvalue weighted by Crippen LogP contribution is 2.41. The van der Waals surface area contributed by atoms with Crippen molar-refractivity contribution in [3.05, 3.63) is 71.9 Å². The fraction of sp³-hybridized carbons (Fsp3) is 0.667. The van der Waals surface area contributed by atoms with Crippen molar-refractivity contribution in [1.29, 1.82) is 0 Å². The number of hydrogen-bond donors (Lipinski definition) is 3.